The van der Waals surface area contributed by atoms with Gasteiger partial charge in [0.1, 0.15) is 6.42 Å². The Balaban J connectivity index is 2.97. The number of amides is 1. The van der Waals surface area contributed by atoms with Gasteiger partial charge in [-0.25, -0.2) is 0 Å². The van der Waals surface area contributed by atoms with E-state index in [0.29, 0.717) is 17.7 Å². The van der Waals surface area contributed by atoms with Crippen molar-refractivity contribution in [3.8, 4) is 6.07 Å². The van der Waals surface area contributed by atoms with Crippen LogP contribution in [0.2, 0.25) is 0 Å². The molecule has 0 aromatic heterocycles. The van der Waals surface area contributed by atoms with E-state index in [4.69, 9.17) is 5.26 Å². The molecule has 0 aliphatic rings. The number of nitro benzene ring substituents is 1. The lowest BCUT2D eigenvalue weighted by Gasteiger charge is -2.08. The Morgan fingerprint density at radius 3 is 2.82 bits per heavy atom. The maximum Gasteiger partial charge on any atom is 0.269 e. The zero-order chi connectivity index (χ0) is 12.8. The largest absolute Gasteiger partial charge is 0.325 e. The highest BCUT2D eigenvalue weighted by molar-refractivity contribution is 5.92. The van der Waals surface area contributed by atoms with Crippen molar-refractivity contribution >= 4 is 17.3 Å². The van der Waals surface area contributed by atoms with E-state index in [1.165, 1.54) is 18.2 Å². The summed E-state index contributed by atoms with van der Waals surface area (Å²) in [7, 11) is 0. The standard InChI is InChI=1S/C11H11N3O3/c1-2-8-7-9(14(16)17)3-4-10(8)13-11(15)5-6-12/h3-4,7H,2,5H2,1H3,(H,13,15). The fraction of sp³-hybridized carbons (Fsp3) is 0.273. The fourth-order valence-electron chi connectivity index (χ4n) is 1.37. The number of carbonyl (C=O) groups excluding carboxylic acids is 1. The smallest absolute Gasteiger partial charge is 0.269 e. The number of nitrogens with zero attached hydrogens (tertiary/aromatic N) is 2. The molecule has 1 aromatic carbocycles. The first-order chi connectivity index (χ1) is 8.08. The second-order valence-corrected chi connectivity index (χ2v) is 3.34. The number of hydrogen-bond donors (Lipinski definition) is 1. The molecule has 1 rings (SSSR count). The summed E-state index contributed by atoms with van der Waals surface area (Å²) >= 11 is 0. The number of carbonyl (C=O) groups is 1. The zero-order valence-electron chi connectivity index (χ0n) is 9.27. The molecular weight excluding hydrogens is 222 g/mol. The van der Waals surface area contributed by atoms with Gasteiger partial charge in [0.15, 0.2) is 0 Å². The molecule has 6 heteroatoms. The molecule has 6 nitrogen and oxygen atoms in total. The van der Waals surface area contributed by atoms with Gasteiger partial charge < -0.3 is 5.32 Å². The predicted octanol–water partition coefficient (Wildman–Crippen LogP) is 2.01. The van der Waals surface area contributed by atoms with Gasteiger partial charge in [-0.2, -0.15) is 5.26 Å². The van der Waals surface area contributed by atoms with Gasteiger partial charge in [-0.05, 0) is 18.1 Å². The Morgan fingerprint density at radius 1 is 1.59 bits per heavy atom. The van der Waals surface area contributed by atoms with E-state index in [-0.39, 0.29) is 12.1 Å². The normalized spacial score (nSPS) is 9.41. The molecule has 0 bridgehead atoms. The van der Waals surface area contributed by atoms with E-state index in [1.54, 1.807) is 6.07 Å². The van der Waals surface area contributed by atoms with Crippen LogP contribution in [0, 0.1) is 21.4 Å². The van der Waals surface area contributed by atoms with E-state index >= 15 is 0 Å². The third-order valence-electron chi connectivity index (χ3n) is 2.19. The Labute approximate surface area is 98.0 Å². The Hall–Kier alpha value is -2.42. The first-order valence-corrected chi connectivity index (χ1v) is 5.02. The molecule has 0 spiro atoms. The third-order valence-corrected chi connectivity index (χ3v) is 2.19. The molecule has 1 aromatic rings. The van der Waals surface area contributed by atoms with Gasteiger partial charge in [-0.3, -0.25) is 14.9 Å². The Bertz CT molecular complexity index is 491. The van der Waals surface area contributed by atoms with Crippen molar-refractivity contribution < 1.29 is 9.72 Å². The number of rotatable bonds is 4. The van der Waals surface area contributed by atoms with Crippen LogP contribution in [0.3, 0.4) is 0 Å². The van der Waals surface area contributed by atoms with Crippen LogP contribution >= 0.6 is 0 Å². The molecular formula is C11H11N3O3. The van der Waals surface area contributed by atoms with Crippen LogP contribution in [0.5, 0.6) is 0 Å². The van der Waals surface area contributed by atoms with Gasteiger partial charge in [0, 0.05) is 17.8 Å². The van der Waals surface area contributed by atoms with E-state index in [1.807, 2.05) is 6.92 Å². The average molecular weight is 233 g/mol. The number of nitrogens with one attached hydrogen (secondary N) is 1. The van der Waals surface area contributed by atoms with Crippen LogP contribution in [0.25, 0.3) is 0 Å². The van der Waals surface area contributed by atoms with Crippen molar-refractivity contribution in [2.45, 2.75) is 19.8 Å². The Morgan fingerprint density at radius 2 is 2.29 bits per heavy atom. The Kier molecular flexibility index (Phi) is 4.17. The monoisotopic (exact) mass is 233 g/mol. The lowest BCUT2D eigenvalue weighted by Crippen LogP contribution is -2.11. The minimum absolute atomic E-state index is 0.0138. The van der Waals surface area contributed by atoms with E-state index in [0.717, 1.165) is 0 Å². The molecule has 1 N–H and O–H groups in total. The highest BCUT2D eigenvalue weighted by Gasteiger charge is 2.11. The van der Waals surface area contributed by atoms with Crippen molar-refractivity contribution in [3.63, 3.8) is 0 Å². The SMILES string of the molecule is CCc1cc([N+](=O)[O-])ccc1NC(=O)CC#N. The van der Waals surface area contributed by atoms with E-state index in [2.05, 4.69) is 5.32 Å². The summed E-state index contributed by atoms with van der Waals surface area (Å²) in [6.45, 7) is 1.83. The minimum Gasteiger partial charge on any atom is -0.325 e. The van der Waals surface area contributed by atoms with Gasteiger partial charge in [0.25, 0.3) is 5.69 Å². The fourth-order valence-corrected chi connectivity index (χ4v) is 1.37. The maximum absolute atomic E-state index is 11.2. The summed E-state index contributed by atoms with van der Waals surface area (Å²) in [5.41, 5.74) is 1.17. The molecule has 0 saturated heterocycles. The van der Waals surface area contributed by atoms with Gasteiger partial charge in [-0.1, -0.05) is 6.92 Å². The van der Waals surface area contributed by atoms with E-state index in [9.17, 15) is 14.9 Å². The summed E-state index contributed by atoms with van der Waals surface area (Å²) in [5, 5.41) is 21.5. The molecule has 17 heavy (non-hydrogen) atoms. The second-order valence-electron chi connectivity index (χ2n) is 3.34. The number of benzene rings is 1. The van der Waals surface area contributed by atoms with Crippen molar-refractivity contribution in [2.75, 3.05) is 5.32 Å². The van der Waals surface area contributed by atoms with Crippen molar-refractivity contribution in [3.05, 3.63) is 33.9 Å². The summed E-state index contributed by atoms with van der Waals surface area (Å²) in [4.78, 5) is 21.3. The molecule has 0 fully saturated rings. The van der Waals surface area contributed by atoms with Crippen LogP contribution < -0.4 is 5.32 Å². The average Bonchev–Trinajstić information content (AvgIpc) is 2.29. The summed E-state index contributed by atoms with van der Waals surface area (Å²) in [6.07, 6.45) is 0.323. The topological polar surface area (TPSA) is 96.0 Å². The molecule has 1 amide bonds. The van der Waals surface area contributed by atoms with Crippen LogP contribution in [-0.4, -0.2) is 10.8 Å². The van der Waals surface area contributed by atoms with Gasteiger partial charge in [0.05, 0.1) is 11.0 Å². The molecule has 0 radical (unpaired) electrons. The summed E-state index contributed by atoms with van der Waals surface area (Å²) in [6, 6.07) is 5.95. The molecule has 88 valence electrons. The zero-order valence-corrected chi connectivity index (χ0v) is 9.27. The highest BCUT2D eigenvalue weighted by Crippen LogP contribution is 2.22. The first-order valence-electron chi connectivity index (χ1n) is 5.02. The number of aryl methyl sites for hydroxylation is 1. The minimum atomic E-state index is -0.486. The molecule has 0 aliphatic carbocycles. The maximum atomic E-state index is 11.2. The lowest BCUT2D eigenvalue weighted by molar-refractivity contribution is -0.384. The highest BCUT2D eigenvalue weighted by atomic mass is 16.6. The molecule has 0 unspecified atom stereocenters. The van der Waals surface area contributed by atoms with Crippen molar-refractivity contribution in [1.82, 2.24) is 0 Å². The van der Waals surface area contributed by atoms with Gasteiger partial charge >= 0.3 is 0 Å². The molecule has 0 heterocycles. The quantitative estimate of drug-likeness (QED) is 0.635. The van der Waals surface area contributed by atoms with Crippen LogP contribution in [-0.2, 0) is 11.2 Å². The molecule has 0 atom stereocenters. The van der Waals surface area contributed by atoms with Crippen LogP contribution in [0.1, 0.15) is 18.9 Å². The molecule has 0 saturated carbocycles. The number of anilines is 1. The van der Waals surface area contributed by atoms with Crippen molar-refractivity contribution in [1.29, 1.82) is 5.26 Å². The van der Waals surface area contributed by atoms with Crippen molar-refractivity contribution in [2.24, 2.45) is 0 Å². The second kappa shape index (κ2) is 5.61. The number of non-ortho nitro benzene ring substituents is 1. The predicted molar refractivity (Wildman–Crippen MR) is 61.3 cm³/mol. The van der Waals surface area contributed by atoms with E-state index < -0.39 is 10.8 Å². The van der Waals surface area contributed by atoms with Gasteiger partial charge in [-0.15, -0.1) is 0 Å². The first kappa shape index (κ1) is 12.6. The summed E-state index contributed by atoms with van der Waals surface area (Å²) in [5.74, 6) is -0.420. The van der Waals surface area contributed by atoms with Crippen LogP contribution in [0.15, 0.2) is 18.2 Å². The molecule has 0 aliphatic heterocycles. The number of nitro groups is 1. The summed E-state index contributed by atoms with van der Waals surface area (Å²) < 4.78 is 0. The van der Waals surface area contributed by atoms with Crippen LogP contribution in [0.4, 0.5) is 11.4 Å². The number of hydrogen-bond acceptors (Lipinski definition) is 4. The third kappa shape index (κ3) is 3.28. The lowest BCUT2D eigenvalue weighted by atomic mass is 10.1. The number of nitriles is 1. The van der Waals surface area contributed by atoms with Gasteiger partial charge in [0.2, 0.25) is 5.91 Å².